The van der Waals surface area contributed by atoms with Crippen LogP contribution < -0.4 is 0 Å². The number of hydrogen-bond acceptors (Lipinski definition) is 5. The molecule has 8 nitrogen and oxygen atoms in total. The van der Waals surface area contributed by atoms with Crippen LogP contribution in [-0.2, 0) is 6.42 Å². The van der Waals surface area contributed by atoms with Gasteiger partial charge in [-0.25, -0.2) is 23.3 Å². The Balaban J connectivity index is 1.62. The quantitative estimate of drug-likeness (QED) is 0.573. The lowest BCUT2D eigenvalue weighted by Gasteiger charge is -2.33. The average Bonchev–Trinajstić information content (AvgIpc) is 3.43. The molecular weight excluding hydrogens is 382 g/mol. The summed E-state index contributed by atoms with van der Waals surface area (Å²) in [6.07, 6.45) is 1.86. The van der Waals surface area contributed by atoms with Crippen molar-refractivity contribution in [1.29, 1.82) is 0 Å². The van der Waals surface area contributed by atoms with Gasteiger partial charge in [-0.3, -0.25) is 4.79 Å². The molecule has 0 bridgehead atoms. The van der Waals surface area contributed by atoms with E-state index in [0.29, 0.717) is 24.4 Å². The number of imidazole rings is 1. The molecule has 0 aliphatic carbocycles. The number of rotatable bonds is 3. The number of nitrogens with one attached hydrogen (secondary N) is 1. The number of H-pyrrole nitrogens is 1. The molecule has 0 spiro atoms. The van der Waals surface area contributed by atoms with E-state index in [0.717, 1.165) is 23.2 Å². The fourth-order valence-electron chi connectivity index (χ4n) is 3.75. The van der Waals surface area contributed by atoms with Gasteiger partial charge >= 0.3 is 0 Å². The first-order valence-corrected chi connectivity index (χ1v) is 9.03. The fraction of sp³-hybridized carbons (Fsp3) is 0.263. The number of oxazole rings is 1. The van der Waals surface area contributed by atoms with Crippen molar-refractivity contribution < 1.29 is 18.0 Å². The number of hydrogen-bond donors (Lipinski definition) is 1. The van der Waals surface area contributed by atoms with Crippen molar-refractivity contribution in [3.8, 4) is 0 Å². The first-order valence-electron chi connectivity index (χ1n) is 9.03. The molecule has 1 aliphatic rings. The minimum Gasteiger partial charge on any atom is -0.438 e. The van der Waals surface area contributed by atoms with Gasteiger partial charge in [0.05, 0.1) is 23.2 Å². The predicted molar refractivity (Wildman–Crippen MR) is 96.6 cm³/mol. The number of halogens is 2. The summed E-state index contributed by atoms with van der Waals surface area (Å²) >= 11 is 0. The Kier molecular flexibility index (Phi) is 3.93. The molecule has 1 amide bonds. The predicted octanol–water partition coefficient (Wildman–Crippen LogP) is 3.08. The fourth-order valence-corrected chi connectivity index (χ4v) is 3.75. The minimum atomic E-state index is -2.91. The lowest BCUT2D eigenvalue weighted by molar-refractivity contribution is 0.0639. The van der Waals surface area contributed by atoms with Crippen LogP contribution in [0.1, 0.15) is 51.4 Å². The second kappa shape index (κ2) is 6.50. The number of alkyl halides is 2. The van der Waals surface area contributed by atoms with Crippen LogP contribution >= 0.6 is 0 Å². The maximum atomic E-state index is 13.2. The van der Waals surface area contributed by atoms with E-state index >= 15 is 0 Å². The monoisotopic (exact) mass is 398 g/mol. The van der Waals surface area contributed by atoms with Gasteiger partial charge < -0.3 is 14.3 Å². The first kappa shape index (κ1) is 17.5. The first-order chi connectivity index (χ1) is 14.0. The molecule has 5 rings (SSSR count). The van der Waals surface area contributed by atoms with Crippen LogP contribution in [0.2, 0.25) is 0 Å². The van der Waals surface area contributed by atoms with Crippen molar-refractivity contribution in [3.63, 3.8) is 0 Å². The maximum Gasteiger partial charge on any atom is 0.292 e. The number of aromatic nitrogens is 5. The molecule has 1 N–H and O–H groups in total. The van der Waals surface area contributed by atoms with Gasteiger partial charge in [-0.2, -0.15) is 5.10 Å². The Morgan fingerprint density at radius 2 is 2.21 bits per heavy atom. The molecule has 0 unspecified atom stereocenters. The number of aryl methyl sites for hydroxylation is 1. The van der Waals surface area contributed by atoms with Gasteiger partial charge in [0.15, 0.2) is 12.1 Å². The number of aromatic amines is 1. The van der Waals surface area contributed by atoms with Crippen LogP contribution in [-0.4, -0.2) is 41.9 Å². The minimum absolute atomic E-state index is 0.301. The Morgan fingerprint density at radius 1 is 1.34 bits per heavy atom. The van der Waals surface area contributed by atoms with Crippen LogP contribution in [0.15, 0.2) is 41.5 Å². The van der Waals surface area contributed by atoms with Gasteiger partial charge in [-0.05, 0) is 30.7 Å². The van der Waals surface area contributed by atoms with E-state index in [-0.39, 0.29) is 0 Å². The molecule has 10 heteroatoms. The van der Waals surface area contributed by atoms with Gasteiger partial charge in [0.1, 0.15) is 6.04 Å². The Labute approximate surface area is 163 Å². The Morgan fingerprint density at radius 3 is 3.03 bits per heavy atom. The molecule has 148 valence electrons. The van der Waals surface area contributed by atoms with E-state index in [1.54, 1.807) is 10.8 Å². The number of amides is 1. The highest BCUT2D eigenvalue weighted by atomic mass is 19.3. The lowest BCUT2D eigenvalue weighted by atomic mass is 9.99. The third-order valence-electron chi connectivity index (χ3n) is 5.10. The Hall–Kier alpha value is -3.56. The van der Waals surface area contributed by atoms with E-state index in [4.69, 9.17) is 4.42 Å². The SMILES string of the molecule is Cc1ccn2nc([C@H]3c4nc[nH]c4CCN3C(=O)c3ocnc3C(F)F)cc2c1. The standard InChI is InChI=1S/C19H16F2N6O2/c1-10-2-5-27-11(6-10)7-13(25-27)16-14-12(22-8-23-14)3-4-26(16)19(28)17-15(18(20)21)24-9-29-17/h2,5-9,16,18H,3-4H2,1H3,(H,22,23)/t16-/m0/s1. The van der Waals surface area contributed by atoms with Crippen LogP contribution in [0.4, 0.5) is 8.78 Å². The van der Waals surface area contributed by atoms with Gasteiger partial charge in [0.25, 0.3) is 12.3 Å². The van der Waals surface area contributed by atoms with E-state index in [9.17, 15) is 13.6 Å². The zero-order valence-electron chi connectivity index (χ0n) is 15.3. The summed E-state index contributed by atoms with van der Waals surface area (Å²) < 4.78 is 33.2. The van der Waals surface area contributed by atoms with Crippen molar-refractivity contribution >= 4 is 11.4 Å². The summed E-state index contributed by atoms with van der Waals surface area (Å²) in [4.78, 5) is 25.6. The summed E-state index contributed by atoms with van der Waals surface area (Å²) in [5.74, 6) is -1.12. The molecule has 29 heavy (non-hydrogen) atoms. The number of fused-ring (bicyclic) bond motifs is 2. The number of nitrogens with zero attached hydrogens (tertiary/aromatic N) is 5. The van der Waals surface area contributed by atoms with Gasteiger partial charge in [0, 0.05) is 24.9 Å². The highest BCUT2D eigenvalue weighted by Gasteiger charge is 2.39. The van der Waals surface area contributed by atoms with Crippen molar-refractivity contribution in [1.82, 2.24) is 29.5 Å². The molecule has 4 aromatic heterocycles. The summed E-state index contributed by atoms with van der Waals surface area (Å²) in [7, 11) is 0. The molecule has 0 saturated heterocycles. The zero-order valence-corrected chi connectivity index (χ0v) is 15.3. The summed E-state index contributed by atoms with van der Waals surface area (Å²) in [5, 5.41) is 4.60. The van der Waals surface area contributed by atoms with E-state index < -0.39 is 29.8 Å². The smallest absolute Gasteiger partial charge is 0.292 e. The topological polar surface area (TPSA) is 92.3 Å². The molecule has 1 aliphatic heterocycles. The third kappa shape index (κ3) is 2.79. The van der Waals surface area contributed by atoms with E-state index in [1.807, 2.05) is 31.3 Å². The molecule has 4 aromatic rings. The molecular formula is C19H16F2N6O2. The van der Waals surface area contributed by atoms with E-state index in [2.05, 4.69) is 20.1 Å². The number of carbonyl (C=O) groups excluding carboxylic acids is 1. The van der Waals surface area contributed by atoms with Crippen molar-refractivity contribution in [2.24, 2.45) is 0 Å². The highest BCUT2D eigenvalue weighted by molar-refractivity contribution is 5.93. The van der Waals surface area contributed by atoms with Crippen molar-refractivity contribution in [2.45, 2.75) is 25.8 Å². The normalized spacial score (nSPS) is 16.6. The van der Waals surface area contributed by atoms with Gasteiger partial charge in [-0.1, -0.05) is 0 Å². The van der Waals surface area contributed by atoms with Crippen molar-refractivity contribution in [3.05, 3.63) is 71.2 Å². The van der Waals surface area contributed by atoms with Crippen LogP contribution in [0.25, 0.3) is 5.52 Å². The van der Waals surface area contributed by atoms with E-state index in [1.165, 1.54) is 4.90 Å². The molecule has 0 fully saturated rings. The zero-order chi connectivity index (χ0) is 20.1. The van der Waals surface area contributed by atoms with Crippen LogP contribution in [0.3, 0.4) is 0 Å². The van der Waals surface area contributed by atoms with Crippen molar-refractivity contribution in [2.75, 3.05) is 6.54 Å². The molecule has 0 radical (unpaired) electrons. The molecule has 0 aromatic carbocycles. The van der Waals surface area contributed by atoms with Gasteiger partial charge in [0.2, 0.25) is 5.76 Å². The second-order valence-corrected chi connectivity index (χ2v) is 6.93. The largest absolute Gasteiger partial charge is 0.438 e. The summed E-state index contributed by atoms with van der Waals surface area (Å²) in [6, 6.07) is 5.14. The number of pyridine rings is 1. The summed E-state index contributed by atoms with van der Waals surface area (Å²) in [5.41, 5.74) is 3.40. The number of carbonyl (C=O) groups is 1. The van der Waals surface area contributed by atoms with Gasteiger partial charge in [-0.15, -0.1) is 0 Å². The highest BCUT2D eigenvalue weighted by Crippen LogP contribution is 2.35. The van der Waals surface area contributed by atoms with Crippen LogP contribution in [0, 0.1) is 6.92 Å². The molecule has 0 saturated carbocycles. The Bertz CT molecular complexity index is 1210. The second-order valence-electron chi connectivity index (χ2n) is 6.93. The maximum absolute atomic E-state index is 13.2. The van der Waals surface area contributed by atoms with Crippen LogP contribution in [0.5, 0.6) is 0 Å². The molecule has 1 atom stereocenters. The molecule has 5 heterocycles. The third-order valence-corrected chi connectivity index (χ3v) is 5.10. The average molecular weight is 398 g/mol. The lowest BCUT2D eigenvalue weighted by Crippen LogP contribution is -2.41. The summed E-state index contributed by atoms with van der Waals surface area (Å²) in [6.45, 7) is 2.28.